The second kappa shape index (κ2) is 11.6. The van der Waals surface area contributed by atoms with E-state index in [1.54, 1.807) is 45.2 Å². The maximum Gasteiger partial charge on any atom is 0.229 e. The molecule has 2 aromatic carbocycles. The zero-order valence-electron chi connectivity index (χ0n) is 21.2. The van der Waals surface area contributed by atoms with E-state index in [2.05, 4.69) is 25.5 Å². The Kier molecular flexibility index (Phi) is 8.53. The van der Waals surface area contributed by atoms with Gasteiger partial charge in [0.25, 0.3) is 0 Å². The molecule has 1 aliphatic rings. The van der Waals surface area contributed by atoms with Crippen LogP contribution >= 0.6 is 11.6 Å². The molecule has 0 bridgehead atoms. The van der Waals surface area contributed by atoms with Gasteiger partial charge in [-0.1, -0.05) is 23.7 Å². The number of ether oxygens (including phenoxy) is 1. The van der Waals surface area contributed by atoms with E-state index in [-0.39, 0.29) is 28.3 Å². The number of para-hydroxylation sites is 1. The Morgan fingerprint density at radius 3 is 2.68 bits per heavy atom. The first kappa shape index (κ1) is 27.1. The van der Waals surface area contributed by atoms with Crippen LogP contribution in [0.3, 0.4) is 0 Å². The fourth-order valence-corrected chi connectivity index (χ4v) is 5.63. The van der Waals surface area contributed by atoms with E-state index in [1.807, 2.05) is 12.1 Å². The van der Waals surface area contributed by atoms with E-state index >= 15 is 0 Å². The minimum Gasteiger partial charge on any atom is -0.495 e. The van der Waals surface area contributed by atoms with Crippen molar-refractivity contribution in [2.24, 2.45) is 0 Å². The lowest BCUT2D eigenvalue weighted by molar-refractivity contribution is 0.192. The maximum absolute atomic E-state index is 12.9. The number of rotatable bonds is 9. The Labute approximate surface area is 222 Å². The molecule has 2 heterocycles. The van der Waals surface area contributed by atoms with Crippen molar-refractivity contribution >= 4 is 44.6 Å². The summed E-state index contributed by atoms with van der Waals surface area (Å²) >= 11 is 6.38. The van der Waals surface area contributed by atoms with Crippen LogP contribution in [0.5, 0.6) is 5.75 Å². The molecule has 0 atom stereocenters. The van der Waals surface area contributed by atoms with E-state index in [1.165, 1.54) is 11.8 Å². The number of β-amino-alcohol motifs (C(OH)–C–C–N with tert-alkyl or cyclic N) is 1. The largest absolute Gasteiger partial charge is 0.495 e. The molecular weight excluding hydrogens is 514 g/mol. The number of hydrogen-bond donors (Lipinski definition) is 3. The average molecular weight is 546 g/mol. The number of nitrogens with one attached hydrogen (secondary N) is 2. The second-order valence-corrected chi connectivity index (χ2v) is 12.0. The summed E-state index contributed by atoms with van der Waals surface area (Å²) in [5, 5.41) is 15.4. The maximum atomic E-state index is 12.9. The standard InChI is InChI=1S/C26H32ClN5O4S/c1-17(2)37(34,35)24-9-5-4-8-21(24)29-25-20(27)15-28-26(31-25)30-22-13-19-16-32(11-12-33)10-6-7-18(19)14-23(22)36-3/h4-5,8-9,13-15,17,33H,6-7,10-12,16H2,1-3H3,(H2,28,29,30,31). The molecular formula is C26H32ClN5O4S. The number of sulfone groups is 1. The molecule has 37 heavy (non-hydrogen) atoms. The van der Waals surface area contributed by atoms with Crippen LogP contribution in [-0.4, -0.2) is 60.4 Å². The minimum atomic E-state index is -3.53. The van der Waals surface area contributed by atoms with Crippen molar-refractivity contribution in [3.05, 3.63) is 58.7 Å². The third kappa shape index (κ3) is 6.15. The lowest BCUT2D eigenvalue weighted by Gasteiger charge is -2.20. The Morgan fingerprint density at radius 2 is 1.95 bits per heavy atom. The predicted octanol–water partition coefficient (Wildman–Crippen LogP) is 4.55. The van der Waals surface area contributed by atoms with Crippen molar-refractivity contribution in [2.75, 3.05) is 37.4 Å². The molecule has 1 aromatic heterocycles. The van der Waals surface area contributed by atoms with E-state index in [0.717, 1.165) is 31.5 Å². The van der Waals surface area contributed by atoms with Gasteiger partial charge >= 0.3 is 0 Å². The van der Waals surface area contributed by atoms with Crippen LogP contribution in [0.1, 0.15) is 31.4 Å². The number of benzene rings is 2. The van der Waals surface area contributed by atoms with Crippen LogP contribution in [0.4, 0.5) is 23.1 Å². The van der Waals surface area contributed by atoms with Gasteiger partial charge in [-0.25, -0.2) is 13.4 Å². The first-order valence-corrected chi connectivity index (χ1v) is 14.1. The number of nitrogens with zero attached hydrogens (tertiary/aromatic N) is 3. The second-order valence-electron chi connectivity index (χ2n) is 9.15. The molecule has 198 valence electrons. The van der Waals surface area contributed by atoms with Crippen molar-refractivity contribution in [1.29, 1.82) is 0 Å². The summed E-state index contributed by atoms with van der Waals surface area (Å²) in [5.74, 6) is 1.21. The molecule has 0 amide bonds. The predicted molar refractivity (Wildman–Crippen MR) is 146 cm³/mol. The first-order valence-electron chi connectivity index (χ1n) is 12.2. The molecule has 0 radical (unpaired) electrons. The van der Waals surface area contributed by atoms with E-state index in [9.17, 15) is 13.5 Å². The van der Waals surface area contributed by atoms with Crippen LogP contribution in [0, 0.1) is 0 Å². The highest BCUT2D eigenvalue weighted by Crippen LogP contribution is 2.34. The van der Waals surface area contributed by atoms with Crippen molar-refractivity contribution < 1.29 is 18.3 Å². The summed E-state index contributed by atoms with van der Waals surface area (Å²) < 4.78 is 31.4. The summed E-state index contributed by atoms with van der Waals surface area (Å²) in [7, 11) is -1.91. The van der Waals surface area contributed by atoms with Gasteiger partial charge in [0, 0.05) is 13.1 Å². The molecule has 0 saturated carbocycles. The number of hydrogen-bond acceptors (Lipinski definition) is 9. The molecule has 4 rings (SSSR count). The number of aliphatic hydroxyl groups excluding tert-OH is 1. The Hall–Kier alpha value is -2.92. The fourth-order valence-electron chi connectivity index (χ4n) is 4.29. The van der Waals surface area contributed by atoms with Crippen molar-refractivity contribution in [1.82, 2.24) is 14.9 Å². The van der Waals surface area contributed by atoms with Gasteiger partial charge in [0.15, 0.2) is 15.7 Å². The number of fused-ring (bicyclic) bond motifs is 1. The number of methoxy groups -OCH3 is 1. The molecule has 0 saturated heterocycles. The third-order valence-corrected chi connectivity index (χ3v) is 8.80. The number of halogens is 1. The molecule has 0 fully saturated rings. The average Bonchev–Trinajstić information content (AvgIpc) is 3.07. The van der Waals surface area contributed by atoms with Gasteiger partial charge in [0.1, 0.15) is 10.8 Å². The molecule has 11 heteroatoms. The topological polar surface area (TPSA) is 117 Å². The Morgan fingerprint density at radius 1 is 1.16 bits per heavy atom. The van der Waals surface area contributed by atoms with Crippen molar-refractivity contribution in [3.8, 4) is 5.75 Å². The monoisotopic (exact) mass is 545 g/mol. The molecule has 9 nitrogen and oxygen atoms in total. The zero-order chi connectivity index (χ0) is 26.6. The summed E-state index contributed by atoms with van der Waals surface area (Å²) in [6.07, 6.45) is 3.39. The molecule has 0 spiro atoms. The van der Waals surface area contributed by atoms with Crippen LogP contribution in [-0.2, 0) is 22.8 Å². The summed E-state index contributed by atoms with van der Waals surface area (Å²) in [4.78, 5) is 11.2. The number of aryl methyl sites for hydroxylation is 1. The fraction of sp³-hybridized carbons (Fsp3) is 0.385. The minimum absolute atomic E-state index is 0.118. The number of anilines is 4. The SMILES string of the molecule is COc1cc2c(cc1Nc1ncc(Cl)c(Nc3ccccc3S(=O)(=O)C(C)C)n1)CN(CCO)CCC2. The van der Waals surface area contributed by atoms with E-state index in [0.29, 0.717) is 23.7 Å². The smallest absolute Gasteiger partial charge is 0.229 e. The number of aromatic nitrogens is 2. The summed E-state index contributed by atoms with van der Waals surface area (Å²) in [6, 6.07) is 10.7. The molecule has 3 aromatic rings. The van der Waals surface area contributed by atoms with Gasteiger partial charge in [0.05, 0.1) is 41.4 Å². The molecule has 1 aliphatic heterocycles. The summed E-state index contributed by atoms with van der Waals surface area (Å²) in [6.45, 7) is 5.67. The highest BCUT2D eigenvalue weighted by molar-refractivity contribution is 7.92. The van der Waals surface area contributed by atoms with Gasteiger partial charge < -0.3 is 20.5 Å². The lowest BCUT2D eigenvalue weighted by atomic mass is 10.0. The first-order chi connectivity index (χ1) is 17.7. The highest BCUT2D eigenvalue weighted by Gasteiger charge is 2.23. The van der Waals surface area contributed by atoms with E-state index < -0.39 is 15.1 Å². The van der Waals surface area contributed by atoms with Crippen molar-refractivity contribution in [3.63, 3.8) is 0 Å². The Balaban J connectivity index is 1.65. The van der Waals surface area contributed by atoms with Crippen LogP contribution in [0.25, 0.3) is 0 Å². The van der Waals surface area contributed by atoms with Crippen LogP contribution < -0.4 is 15.4 Å². The molecule has 3 N–H and O–H groups in total. The van der Waals surface area contributed by atoms with Gasteiger partial charge in [0.2, 0.25) is 5.95 Å². The molecule has 0 aliphatic carbocycles. The molecule has 0 unspecified atom stereocenters. The van der Waals surface area contributed by atoms with Crippen LogP contribution in [0.15, 0.2) is 47.5 Å². The lowest BCUT2D eigenvalue weighted by Crippen LogP contribution is -2.26. The van der Waals surface area contributed by atoms with Crippen molar-refractivity contribution in [2.45, 2.75) is 43.4 Å². The number of aliphatic hydroxyl groups is 1. The highest BCUT2D eigenvalue weighted by atomic mass is 35.5. The van der Waals surface area contributed by atoms with E-state index in [4.69, 9.17) is 16.3 Å². The van der Waals surface area contributed by atoms with Gasteiger partial charge in [-0.3, -0.25) is 4.90 Å². The van der Waals surface area contributed by atoms with Gasteiger partial charge in [-0.15, -0.1) is 0 Å². The quantitative estimate of drug-likeness (QED) is 0.356. The van der Waals surface area contributed by atoms with Gasteiger partial charge in [-0.05, 0) is 68.6 Å². The third-order valence-electron chi connectivity index (χ3n) is 6.31. The Bertz CT molecular complexity index is 1370. The zero-order valence-corrected chi connectivity index (χ0v) is 22.7. The van der Waals surface area contributed by atoms with Gasteiger partial charge in [-0.2, -0.15) is 4.98 Å². The summed E-state index contributed by atoms with van der Waals surface area (Å²) in [5.41, 5.74) is 3.44. The van der Waals surface area contributed by atoms with Crippen LogP contribution in [0.2, 0.25) is 5.02 Å². The normalized spacial score (nSPS) is 14.2.